The maximum atomic E-state index is 6.19. The number of hydrogen-bond donors (Lipinski definition) is 3. The first-order valence-corrected chi connectivity index (χ1v) is 18.6. The van der Waals surface area contributed by atoms with E-state index in [4.69, 9.17) is 25.4 Å². The number of ether oxygens (including phenoxy) is 1. The van der Waals surface area contributed by atoms with Crippen LogP contribution in [0.5, 0.6) is 0 Å². The van der Waals surface area contributed by atoms with Crippen LogP contribution in [0.15, 0.2) is 36.7 Å². The molecule has 0 bridgehead atoms. The normalized spacial score (nSPS) is 21.7. The number of nitrogens with two attached hydrogens (primary N) is 1. The second kappa shape index (κ2) is 17.4. The van der Waals surface area contributed by atoms with Crippen LogP contribution in [0.3, 0.4) is 0 Å². The minimum absolute atomic E-state index is 0.332. The summed E-state index contributed by atoms with van der Waals surface area (Å²) < 4.78 is 8.21. The fourth-order valence-electron chi connectivity index (χ4n) is 7.64. The minimum atomic E-state index is 0.332. The topological polar surface area (TPSA) is 106 Å². The molecule has 3 fully saturated rings. The van der Waals surface area contributed by atoms with Gasteiger partial charge in [0.2, 0.25) is 5.95 Å². The monoisotopic (exact) mass is 630 g/mol. The van der Waals surface area contributed by atoms with Gasteiger partial charge in [-0.25, -0.2) is 4.98 Å². The van der Waals surface area contributed by atoms with Gasteiger partial charge in [0.05, 0.1) is 6.33 Å². The van der Waals surface area contributed by atoms with Crippen LogP contribution in [-0.4, -0.2) is 75.4 Å². The molecule has 0 atom stereocenters. The molecule has 3 aromatic rings. The van der Waals surface area contributed by atoms with Gasteiger partial charge in [-0.1, -0.05) is 56.0 Å². The van der Waals surface area contributed by atoms with Gasteiger partial charge in [0.1, 0.15) is 0 Å². The highest BCUT2D eigenvalue weighted by Gasteiger charge is 2.26. The number of hydrogen-bond acceptors (Lipinski definition) is 8. The molecule has 0 unspecified atom stereocenters. The van der Waals surface area contributed by atoms with Gasteiger partial charge in [-0.15, -0.1) is 0 Å². The first-order chi connectivity index (χ1) is 22.7. The molecule has 1 saturated heterocycles. The third-order valence-corrected chi connectivity index (χ3v) is 10.5. The van der Waals surface area contributed by atoms with Crippen molar-refractivity contribution < 1.29 is 4.74 Å². The number of rotatable bonds is 17. The van der Waals surface area contributed by atoms with E-state index in [1.807, 2.05) is 6.33 Å². The van der Waals surface area contributed by atoms with Gasteiger partial charge in [0.25, 0.3) is 0 Å². The predicted octanol–water partition coefficient (Wildman–Crippen LogP) is 7.10. The Balaban J connectivity index is 0.897. The Kier molecular flexibility index (Phi) is 12.6. The van der Waals surface area contributed by atoms with Crippen molar-refractivity contribution in [2.45, 2.75) is 133 Å². The van der Waals surface area contributed by atoms with E-state index in [2.05, 4.69) is 50.4 Å². The van der Waals surface area contributed by atoms with Gasteiger partial charge in [-0.2, -0.15) is 9.97 Å². The van der Waals surface area contributed by atoms with Gasteiger partial charge < -0.3 is 30.6 Å². The van der Waals surface area contributed by atoms with E-state index in [0.29, 0.717) is 24.2 Å². The van der Waals surface area contributed by atoms with Crippen LogP contribution in [0.4, 0.5) is 11.8 Å². The van der Waals surface area contributed by atoms with Crippen LogP contribution in [0.2, 0.25) is 0 Å². The minimum Gasteiger partial charge on any atom is -0.381 e. The summed E-state index contributed by atoms with van der Waals surface area (Å²) in [6.45, 7) is 5.28. The van der Waals surface area contributed by atoms with Crippen LogP contribution in [0, 0.1) is 0 Å². The summed E-state index contributed by atoms with van der Waals surface area (Å²) in [5.41, 5.74) is 9.50. The van der Waals surface area contributed by atoms with Gasteiger partial charge in [-0.05, 0) is 95.6 Å². The van der Waals surface area contributed by atoms with E-state index in [0.717, 1.165) is 101 Å². The summed E-state index contributed by atoms with van der Waals surface area (Å²) in [5, 5.41) is 7.49. The van der Waals surface area contributed by atoms with E-state index in [1.165, 1.54) is 69.9 Å². The maximum Gasteiger partial charge on any atom is 0.227 e. The molecule has 0 amide bonds. The Hall–Kier alpha value is -2.75. The fourth-order valence-corrected chi connectivity index (χ4v) is 7.64. The average Bonchev–Trinajstić information content (AvgIpc) is 3.77. The number of benzene rings is 1. The third kappa shape index (κ3) is 9.64. The van der Waals surface area contributed by atoms with Crippen molar-refractivity contribution in [3.8, 4) is 0 Å². The Morgan fingerprint density at radius 3 is 2.26 bits per heavy atom. The highest BCUT2D eigenvalue weighted by atomic mass is 16.5. The molecule has 9 nitrogen and oxygen atoms in total. The Morgan fingerprint density at radius 1 is 0.761 bits per heavy atom. The predicted molar refractivity (Wildman–Crippen MR) is 188 cm³/mol. The molecule has 2 aliphatic carbocycles. The Morgan fingerprint density at radius 2 is 1.48 bits per heavy atom. The van der Waals surface area contributed by atoms with E-state index < -0.39 is 0 Å². The number of likely N-dealkylation sites (tertiary alicyclic amines) is 1. The molecule has 6 rings (SSSR count). The highest BCUT2D eigenvalue weighted by molar-refractivity contribution is 5.84. The largest absolute Gasteiger partial charge is 0.381 e. The lowest BCUT2D eigenvalue weighted by atomic mass is 9.92. The van der Waals surface area contributed by atoms with Gasteiger partial charge in [-0.3, -0.25) is 0 Å². The van der Waals surface area contributed by atoms with Crippen molar-refractivity contribution >= 4 is 22.9 Å². The van der Waals surface area contributed by atoms with E-state index >= 15 is 0 Å². The molecule has 4 N–H and O–H groups in total. The van der Waals surface area contributed by atoms with Gasteiger partial charge in [0.15, 0.2) is 17.0 Å². The smallest absolute Gasteiger partial charge is 0.227 e. The molecule has 46 heavy (non-hydrogen) atoms. The molecule has 2 aromatic heterocycles. The Labute approximate surface area is 276 Å². The lowest BCUT2D eigenvalue weighted by Crippen LogP contribution is -2.39. The summed E-state index contributed by atoms with van der Waals surface area (Å²) in [5.74, 6) is 1.63. The number of fused-ring (bicyclic) bond motifs is 1. The lowest BCUT2D eigenvalue weighted by molar-refractivity contribution is 0.126. The van der Waals surface area contributed by atoms with Crippen LogP contribution in [0.25, 0.3) is 11.2 Å². The molecule has 1 aromatic carbocycles. The number of aryl methyl sites for hydroxylation is 1. The summed E-state index contributed by atoms with van der Waals surface area (Å²) >= 11 is 0. The van der Waals surface area contributed by atoms with Crippen molar-refractivity contribution in [3.05, 3.63) is 42.2 Å². The van der Waals surface area contributed by atoms with Crippen molar-refractivity contribution in [2.24, 2.45) is 5.73 Å². The van der Waals surface area contributed by atoms with Crippen LogP contribution >= 0.6 is 0 Å². The number of unbranched alkanes of at least 4 members (excludes halogenated alkanes) is 4. The van der Waals surface area contributed by atoms with Crippen molar-refractivity contribution in [1.29, 1.82) is 0 Å². The van der Waals surface area contributed by atoms with Crippen molar-refractivity contribution in [1.82, 2.24) is 24.4 Å². The summed E-state index contributed by atoms with van der Waals surface area (Å²) in [6, 6.07) is 12.4. The number of piperidine rings is 1. The number of imidazole rings is 1. The lowest BCUT2D eigenvalue weighted by Gasteiger charge is -2.32. The van der Waals surface area contributed by atoms with Gasteiger partial charge in [0, 0.05) is 50.5 Å². The van der Waals surface area contributed by atoms with E-state index in [-0.39, 0.29) is 0 Å². The van der Waals surface area contributed by atoms with Crippen LogP contribution in [0.1, 0.15) is 114 Å². The number of nitrogens with one attached hydrogen (secondary N) is 2. The second-order valence-corrected chi connectivity index (χ2v) is 14.1. The molecule has 0 radical (unpaired) electrons. The van der Waals surface area contributed by atoms with Crippen molar-refractivity contribution in [3.63, 3.8) is 0 Å². The average molecular weight is 631 g/mol. The summed E-state index contributed by atoms with van der Waals surface area (Å²) in [4.78, 5) is 17.6. The SMILES string of the molecule is NC1CCC(Nc2nc(NC3CCN(CCCCCCOCCCCc4ccccc4)CC3)nc3c2ncn3C2CCCC2)CC1. The molecule has 252 valence electrons. The maximum absolute atomic E-state index is 6.19. The molecule has 3 aliphatic rings. The zero-order chi connectivity index (χ0) is 31.4. The van der Waals surface area contributed by atoms with Crippen LogP contribution in [-0.2, 0) is 11.2 Å². The molecule has 3 heterocycles. The second-order valence-electron chi connectivity index (χ2n) is 14.1. The van der Waals surface area contributed by atoms with E-state index in [9.17, 15) is 0 Å². The molecule has 1 aliphatic heterocycles. The fraction of sp³-hybridized carbons (Fsp3) is 0.703. The van der Waals surface area contributed by atoms with Crippen LogP contribution < -0.4 is 16.4 Å². The molecule has 2 saturated carbocycles. The highest BCUT2D eigenvalue weighted by Crippen LogP contribution is 2.34. The summed E-state index contributed by atoms with van der Waals surface area (Å²) in [7, 11) is 0. The first-order valence-electron chi connectivity index (χ1n) is 18.6. The van der Waals surface area contributed by atoms with E-state index in [1.54, 1.807) is 0 Å². The molecule has 9 heteroatoms. The first kappa shape index (κ1) is 33.2. The number of aromatic nitrogens is 4. The molecule has 0 spiro atoms. The summed E-state index contributed by atoms with van der Waals surface area (Å²) in [6.07, 6.45) is 22.1. The number of anilines is 2. The van der Waals surface area contributed by atoms with Crippen molar-refractivity contribution in [2.75, 3.05) is 43.5 Å². The molecular weight excluding hydrogens is 572 g/mol. The third-order valence-electron chi connectivity index (χ3n) is 10.5. The molecular formula is C37H58N8O. The quantitative estimate of drug-likeness (QED) is 0.136. The Bertz CT molecular complexity index is 1290. The number of nitrogens with zero attached hydrogens (tertiary/aromatic N) is 5. The standard InChI is InChI=1S/C37H58N8O/c38-30-17-19-31(20-18-30)40-35-34-36(45(28-39-34)33-15-6-7-16-33)43-37(42-35)41-32-21-24-44(25-22-32)23-9-1-2-10-26-46-27-11-8-14-29-12-4-3-5-13-29/h3-5,12-13,28,30-33H,1-2,6-11,14-27,38H2,(H2,40,41,42,43). The zero-order valence-electron chi connectivity index (χ0n) is 28.1. The van der Waals surface area contributed by atoms with Gasteiger partial charge >= 0.3 is 0 Å². The zero-order valence-corrected chi connectivity index (χ0v) is 28.1.